The monoisotopic (exact) mass is 385 g/mol. The maximum absolute atomic E-state index is 12.4. The minimum Gasteiger partial charge on any atom is -0.491 e. The highest BCUT2D eigenvalue weighted by Gasteiger charge is 2.19. The Labute approximate surface area is 165 Å². The zero-order valence-corrected chi connectivity index (χ0v) is 17.0. The van der Waals surface area contributed by atoms with E-state index in [1.807, 2.05) is 24.3 Å². The molecular formula is C21H27N3O4. The second-order valence-corrected chi connectivity index (χ2v) is 7.36. The second-order valence-electron chi connectivity index (χ2n) is 7.36. The van der Waals surface area contributed by atoms with Crippen molar-refractivity contribution in [3.8, 4) is 5.75 Å². The van der Waals surface area contributed by atoms with Crippen LogP contribution in [0.15, 0.2) is 42.7 Å². The zero-order chi connectivity index (χ0) is 20.7. The Morgan fingerprint density at radius 2 is 1.89 bits per heavy atom. The van der Waals surface area contributed by atoms with Crippen molar-refractivity contribution in [2.45, 2.75) is 26.2 Å². The number of nitrogens with one attached hydrogen (secondary N) is 1. The first kappa shape index (κ1) is 21.2. The first-order valence-electron chi connectivity index (χ1n) is 9.00. The lowest BCUT2D eigenvalue weighted by Crippen LogP contribution is -2.35. The zero-order valence-electron chi connectivity index (χ0n) is 17.0. The number of para-hydroxylation sites is 1. The van der Waals surface area contributed by atoms with Crippen LogP contribution in [0.5, 0.6) is 5.75 Å². The van der Waals surface area contributed by atoms with E-state index < -0.39 is 5.97 Å². The van der Waals surface area contributed by atoms with Crippen molar-refractivity contribution in [3.63, 3.8) is 0 Å². The van der Waals surface area contributed by atoms with E-state index in [0.717, 1.165) is 11.3 Å². The number of hydrogen-bond donors (Lipinski definition) is 1. The first-order chi connectivity index (χ1) is 13.2. The highest BCUT2D eigenvalue weighted by Crippen LogP contribution is 2.30. The van der Waals surface area contributed by atoms with Crippen molar-refractivity contribution in [1.82, 2.24) is 9.88 Å². The van der Waals surface area contributed by atoms with E-state index in [2.05, 4.69) is 31.1 Å². The fourth-order valence-electron chi connectivity index (χ4n) is 2.59. The van der Waals surface area contributed by atoms with Crippen molar-refractivity contribution in [2.24, 2.45) is 0 Å². The van der Waals surface area contributed by atoms with Gasteiger partial charge in [0.2, 0.25) is 0 Å². The summed E-state index contributed by atoms with van der Waals surface area (Å²) in [6.45, 7) is 7.10. The maximum Gasteiger partial charge on any atom is 0.341 e. The number of pyridine rings is 1. The van der Waals surface area contributed by atoms with E-state index in [-0.39, 0.29) is 17.0 Å². The van der Waals surface area contributed by atoms with Crippen LogP contribution in [0.3, 0.4) is 0 Å². The molecule has 2 aromatic rings. The minimum atomic E-state index is -0.562. The summed E-state index contributed by atoms with van der Waals surface area (Å²) in [5.74, 6) is 0.249. The summed E-state index contributed by atoms with van der Waals surface area (Å²) in [5, 5.41) is 2.70. The van der Waals surface area contributed by atoms with Crippen molar-refractivity contribution in [2.75, 3.05) is 32.6 Å². The number of ether oxygens (including phenoxy) is 2. The molecule has 0 radical (unpaired) electrons. The summed E-state index contributed by atoms with van der Waals surface area (Å²) in [6.07, 6.45) is 2.85. The first-order valence-corrected chi connectivity index (χ1v) is 9.00. The van der Waals surface area contributed by atoms with Crippen LogP contribution in [0, 0.1) is 0 Å². The van der Waals surface area contributed by atoms with Crippen LogP contribution in [-0.2, 0) is 10.2 Å². The quantitative estimate of drug-likeness (QED) is 0.767. The van der Waals surface area contributed by atoms with Gasteiger partial charge in [-0.05, 0) is 23.1 Å². The predicted molar refractivity (Wildman–Crippen MR) is 108 cm³/mol. The lowest BCUT2D eigenvalue weighted by Gasteiger charge is -2.24. The average molecular weight is 385 g/mol. The Hall–Kier alpha value is -3.09. The standard InChI is InChI=1S/C21H27N3O4/c1-21(2,3)16-8-6-7-9-18(16)28-13-12-24(4)20(26)23-17-10-11-22-14-15(17)19(25)27-5/h6-11,14H,12-13H2,1-5H3,(H,22,23,26). The fraction of sp³-hybridized carbons (Fsp3) is 0.381. The molecule has 1 aromatic carbocycles. The molecule has 0 bridgehead atoms. The van der Waals surface area contributed by atoms with Gasteiger partial charge in [-0.3, -0.25) is 4.98 Å². The Bertz CT molecular complexity index is 830. The lowest BCUT2D eigenvalue weighted by atomic mass is 9.86. The molecule has 7 heteroatoms. The molecule has 0 aliphatic carbocycles. The van der Waals surface area contributed by atoms with E-state index in [0.29, 0.717) is 18.8 Å². The third-order valence-electron chi connectivity index (χ3n) is 4.19. The fourth-order valence-corrected chi connectivity index (χ4v) is 2.59. The molecular weight excluding hydrogens is 358 g/mol. The summed E-state index contributed by atoms with van der Waals surface area (Å²) in [7, 11) is 2.94. The maximum atomic E-state index is 12.4. The highest BCUT2D eigenvalue weighted by molar-refractivity contribution is 6.00. The van der Waals surface area contributed by atoms with Gasteiger partial charge in [-0.2, -0.15) is 0 Å². The number of rotatable bonds is 6. The van der Waals surface area contributed by atoms with Gasteiger partial charge < -0.3 is 19.7 Å². The van der Waals surface area contributed by atoms with Gasteiger partial charge >= 0.3 is 12.0 Å². The molecule has 1 heterocycles. The molecule has 1 N–H and O–H groups in total. The molecule has 0 fully saturated rings. The largest absolute Gasteiger partial charge is 0.491 e. The van der Waals surface area contributed by atoms with E-state index >= 15 is 0 Å². The second kappa shape index (κ2) is 9.21. The normalized spacial score (nSPS) is 10.9. The van der Waals surface area contributed by atoms with Crippen LogP contribution < -0.4 is 10.1 Å². The molecule has 150 valence electrons. The van der Waals surface area contributed by atoms with Crippen LogP contribution in [0.4, 0.5) is 10.5 Å². The van der Waals surface area contributed by atoms with Crippen molar-refractivity contribution >= 4 is 17.7 Å². The number of likely N-dealkylation sites (N-methyl/N-ethyl adjacent to an activating group) is 1. The van der Waals surface area contributed by atoms with Gasteiger partial charge in [0, 0.05) is 19.4 Å². The predicted octanol–water partition coefficient (Wildman–Crippen LogP) is 3.71. The van der Waals surface area contributed by atoms with Crippen LogP contribution in [0.1, 0.15) is 36.7 Å². The number of esters is 1. The molecule has 0 saturated carbocycles. The third-order valence-corrected chi connectivity index (χ3v) is 4.19. The van der Waals surface area contributed by atoms with Crippen LogP contribution in [0.25, 0.3) is 0 Å². The lowest BCUT2D eigenvalue weighted by molar-refractivity contribution is 0.0601. The van der Waals surface area contributed by atoms with Gasteiger partial charge in [-0.1, -0.05) is 39.0 Å². The van der Waals surface area contributed by atoms with Crippen LogP contribution in [-0.4, -0.2) is 49.2 Å². The number of anilines is 1. The molecule has 0 atom stereocenters. The number of urea groups is 1. The Morgan fingerprint density at radius 3 is 2.57 bits per heavy atom. The number of hydrogen-bond acceptors (Lipinski definition) is 5. The van der Waals surface area contributed by atoms with E-state index in [1.165, 1.54) is 24.4 Å². The summed E-state index contributed by atoms with van der Waals surface area (Å²) in [6, 6.07) is 9.08. The molecule has 0 unspecified atom stereocenters. The minimum absolute atomic E-state index is 0.0362. The molecule has 2 amide bonds. The SMILES string of the molecule is COC(=O)c1cnccc1NC(=O)N(C)CCOc1ccccc1C(C)(C)C. The number of carbonyl (C=O) groups excluding carboxylic acids is 2. The van der Waals surface area contributed by atoms with Crippen molar-refractivity contribution < 1.29 is 19.1 Å². The van der Waals surface area contributed by atoms with Gasteiger partial charge in [0.1, 0.15) is 17.9 Å². The van der Waals surface area contributed by atoms with Crippen LogP contribution in [0.2, 0.25) is 0 Å². The molecule has 0 aliphatic heterocycles. The smallest absolute Gasteiger partial charge is 0.341 e. The Kier molecular flexibility index (Phi) is 6.98. The third kappa shape index (κ3) is 5.45. The number of methoxy groups -OCH3 is 1. The van der Waals surface area contributed by atoms with E-state index in [1.54, 1.807) is 13.1 Å². The topological polar surface area (TPSA) is 80.8 Å². The number of benzene rings is 1. The molecule has 2 rings (SSSR count). The molecule has 0 saturated heterocycles. The van der Waals surface area contributed by atoms with E-state index in [4.69, 9.17) is 9.47 Å². The molecule has 28 heavy (non-hydrogen) atoms. The molecule has 7 nitrogen and oxygen atoms in total. The van der Waals surface area contributed by atoms with Gasteiger partial charge in [-0.25, -0.2) is 9.59 Å². The molecule has 0 aliphatic rings. The number of carbonyl (C=O) groups is 2. The molecule has 1 aromatic heterocycles. The van der Waals surface area contributed by atoms with Gasteiger partial charge in [-0.15, -0.1) is 0 Å². The van der Waals surface area contributed by atoms with Gasteiger partial charge in [0.25, 0.3) is 0 Å². The number of nitrogens with zero attached hydrogens (tertiary/aromatic N) is 2. The summed E-state index contributed by atoms with van der Waals surface area (Å²) in [5.41, 5.74) is 1.62. The number of aromatic nitrogens is 1. The summed E-state index contributed by atoms with van der Waals surface area (Å²) in [4.78, 5) is 29.6. The van der Waals surface area contributed by atoms with Crippen LogP contribution >= 0.6 is 0 Å². The Balaban J connectivity index is 1.95. The van der Waals surface area contributed by atoms with Crippen molar-refractivity contribution in [3.05, 3.63) is 53.9 Å². The molecule has 0 spiro atoms. The summed E-state index contributed by atoms with van der Waals surface area (Å²) >= 11 is 0. The number of amides is 2. The van der Waals surface area contributed by atoms with Gasteiger partial charge in [0.15, 0.2) is 0 Å². The van der Waals surface area contributed by atoms with Gasteiger partial charge in [0.05, 0.1) is 19.3 Å². The highest BCUT2D eigenvalue weighted by atomic mass is 16.5. The average Bonchev–Trinajstić information content (AvgIpc) is 2.67. The van der Waals surface area contributed by atoms with Crippen molar-refractivity contribution in [1.29, 1.82) is 0 Å². The Morgan fingerprint density at radius 1 is 1.18 bits per heavy atom. The summed E-state index contributed by atoms with van der Waals surface area (Å²) < 4.78 is 10.6. The van der Waals surface area contributed by atoms with E-state index in [9.17, 15) is 9.59 Å².